The van der Waals surface area contributed by atoms with Gasteiger partial charge in [0.1, 0.15) is 5.75 Å². The summed E-state index contributed by atoms with van der Waals surface area (Å²) in [6, 6.07) is 19.3. The summed E-state index contributed by atoms with van der Waals surface area (Å²) in [5.74, 6) is -0.556. The molecule has 6 rings (SSSR count). The molecule has 0 atom stereocenters. The van der Waals surface area contributed by atoms with Crippen molar-refractivity contribution in [3.63, 3.8) is 0 Å². The molecule has 208 valence electrons. The van der Waals surface area contributed by atoms with Crippen LogP contribution in [-0.2, 0) is 19.4 Å². The number of ether oxygens (including phenoxy) is 1. The summed E-state index contributed by atoms with van der Waals surface area (Å²) >= 11 is 1.44. The molecule has 1 aliphatic carbocycles. The molecule has 1 amide bonds. The highest BCUT2D eigenvalue weighted by Gasteiger charge is 2.31. The number of hydrogen-bond donors (Lipinski definition) is 2. The third kappa shape index (κ3) is 6.19. The smallest absolute Gasteiger partial charge is 0.406 e. The van der Waals surface area contributed by atoms with Gasteiger partial charge in [-0.05, 0) is 89.7 Å². The van der Waals surface area contributed by atoms with Gasteiger partial charge in [-0.1, -0.05) is 23.3 Å². The van der Waals surface area contributed by atoms with Crippen LogP contribution in [0.25, 0.3) is 11.3 Å². The number of halogens is 3. The lowest BCUT2D eigenvalue weighted by Crippen LogP contribution is -2.17. The number of rotatable bonds is 8. The van der Waals surface area contributed by atoms with Gasteiger partial charge in [-0.3, -0.25) is 10.1 Å². The first-order valence-electron chi connectivity index (χ1n) is 12.7. The number of tetrazole rings is 1. The number of amides is 1. The zero-order valence-electron chi connectivity index (χ0n) is 21.4. The average molecular weight is 578 g/mol. The molecular formula is C28H22F3N7O2S. The van der Waals surface area contributed by atoms with Crippen molar-refractivity contribution >= 4 is 34.0 Å². The summed E-state index contributed by atoms with van der Waals surface area (Å²) in [6.07, 6.45) is -1.53. The van der Waals surface area contributed by atoms with Crippen LogP contribution >= 0.6 is 11.3 Å². The Hall–Kier alpha value is -4.78. The normalized spacial score (nSPS) is 12.7. The molecule has 0 saturated carbocycles. The van der Waals surface area contributed by atoms with Crippen molar-refractivity contribution in [3.05, 3.63) is 94.4 Å². The molecule has 0 spiro atoms. The van der Waals surface area contributed by atoms with Gasteiger partial charge in [0.2, 0.25) is 0 Å². The van der Waals surface area contributed by atoms with Gasteiger partial charge in [-0.15, -0.1) is 29.6 Å². The fourth-order valence-corrected chi connectivity index (χ4v) is 5.53. The van der Waals surface area contributed by atoms with Crippen molar-refractivity contribution in [2.24, 2.45) is 0 Å². The maximum absolute atomic E-state index is 12.6. The van der Waals surface area contributed by atoms with Crippen molar-refractivity contribution in [1.29, 1.82) is 0 Å². The summed E-state index contributed by atoms with van der Waals surface area (Å²) in [7, 11) is 0. The number of aromatic amines is 1. The summed E-state index contributed by atoms with van der Waals surface area (Å²) in [4.78, 5) is 19.4. The monoisotopic (exact) mass is 577 g/mol. The highest BCUT2D eigenvalue weighted by molar-refractivity contribution is 7.14. The second kappa shape index (κ2) is 11.0. The molecule has 13 heteroatoms. The number of thiazole rings is 1. The number of anilines is 3. The number of carbonyl (C=O) groups is 1. The minimum atomic E-state index is -4.75. The largest absolute Gasteiger partial charge is 0.573 e. The van der Waals surface area contributed by atoms with Crippen LogP contribution in [0.1, 0.15) is 33.5 Å². The molecule has 0 aliphatic heterocycles. The molecule has 0 fully saturated rings. The van der Waals surface area contributed by atoms with Gasteiger partial charge >= 0.3 is 6.36 Å². The minimum absolute atomic E-state index is 0.0870. The lowest BCUT2D eigenvalue weighted by Gasteiger charge is -2.23. The Morgan fingerprint density at radius 3 is 2.54 bits per heavy atom. The van der Waals surface area contributed by atoms with Crippen molar-refractivity contribution in [3.8, 4) is 17.0 Å². The maximum Gasteiger partial charge on any atom is 0.573 e. The zero-order chi connectivity index (χ0) is 28.4. The van der Waals surface area contributed by atoms with Crippen LogP contribution in [0.15, 0.2) is 72.1 Å². The number of benzene rings is 3. The van der Waals surface area contributed by atoms with E-state index in [4.69, 9.17) is 4.98 Å². The van der Waals surface area contributed by atoms with E-state index in [1.165, 1.54) is 34.6 Å². The number of alkyl halides is 3. The van der Waals surface area contributed by atoms with E-state index >= 15 is 0 Å². The number of H-pyrrole nitrogens is 1. The topological polar surface area (TPSA) is 109 Å². The summed E-state index contributed by atoms with van der Waals surface area (Å²) in [6.45, 7) is 0.483. The van der Waals surface area contributed by atoms with Crippen LogP contribution in [0.3, 0.4) is 0 Å². The van der Waals surface area contributed by atoms with E-state index in [-0.39, 0.29) is 17.6 Å². The van der Waals surface area contributed by atoms with Crippen LogP contribution in [0, 0.1) is 0 Å². The molecule has 0 bridgehead atoms. The van der Waals surface area contributed by atoms with Gasteiger partial charge in [-0.25, -0.2) is 4.98 Å². The van der Waals surface area contributed by atoms with Crippen molar-refractivity contribution in [2.75, 3.05) is 10.2 Å². The number of fused-ring (bicyclic) bond motifs is 1. The quantitative estimate of drug-likeness (QED) is 0.223. The Morgan fingerprint density at radius 1 is 1.02 bits per heavy atom. The molecule has 1 aliphatic rings. The van der Waals surface area contributed by atoms with Crippen LogP contribution in [0.5, 0.6) is 5.75 Å². The van der Waals surface area contributed by atoms with Gasteiger partial charge in [-0.2, -0.15) is 5.21 Å². The molecular weight excluding hydrogens is 555 g/mol. The highest BCUT2D eigenvalue weighted by atomic mass is 32.1. The van der Waals surface area contributed by atoms with E-state index in [0.29, 0.717) is 23.4 Å². The third-order valence-electron chi connectivity index (χ3n) is 6.63. The Morgan fingerprint density at radius 2 is 1.80 bits per heavy atom. The third-order valence-corrected chi connectivity index (χ3v) is 7.49. The van der Waals surface area contributed by atoms with E-state index in [9.17, 15) is 18.0 Å². The standard InChI is InChI=1S/C28H22F3N7O2S/c29-28(30,31)40-23-12-9-19(10-13-23)24-16-41-27(32-24)38(22-11-8-18-2-1-3-21(18)14-22)15-17-4-6-20(7-5-17)25(39)33-26-34-36-37-35-26/h4-14,16H,1-3,15H2,(H2,33,34,35,36,37,39). The first-order valence-corrected chi connectivity index (χ1v) is 13.5. The summed E-state index contributed by atoms with van der Waals surface area (Å²) in [5.41, 5.74) is 6.37. The molecule has 0 unspecified atom stereocenters. The van der Waals surface area contributed by atoms with Gasteiger partial charge in [0.25, 0.3) is 11.9 Å². The molecule has 2 aromatic heterocycles. The second-order valence-corrected chi connectivity index (χ2v) is 10.2. The van der Waals surface area contributed by atoms with E-state index in [1.54, 1.807) is 24.3 Å². The van der Waals surface area contributed by atoms with Gasteiger partial charge in [0.05, 0.1) is 12.2 Å². The molecule has 3 aromatic carbocycles. The van der Waals surface area contributed by atoms with Crippen molar-refractivity contribution < 1.29 is 22.7 Å². The number of nitrogens with zero attached hydrogens (tertiary/aromatic N) is 5. The fraction of sp³-hybridized carbons (Fsp3) is 0.179. The van der Waals surface area contributed by atoms with Crippen LogP contribution < -0.4 is 15.0 Å². The van der Waals surface area contributed by atoms with Crippen LogP contribution in [-0.4, -0.2) is 37.9 Å². The molecule has 5 aromatic rings. The Bertz CT molecular complexity index is 1650. The average Bonchev–Trinajstić information content (AvgIpc) is 3.74. The Labute approximate surface area is 236 Å². The molecule has 2 N–H and O–H groups in total. The summed E-state index contributed by atoms with van der Waals surface area (Å²) < 4.78 is 41.6. The zero-order valence-corrected chi connectivity index (χ0v) is 22.2. The first-order chi connectivity index (χ1) is 19.8. The lowest BCUT2D eigenvalue weighted by molar-refractivity contribution is -0.274. The van der Waals surface area contributed by atoms with E-state index in [2.05, 4.69) is 53.8 Å². The predicted molar refractivity (Wildman–Crippen MR) is 147 cm³/mol. The predicted octanol–water partition coefficient (Wildman–Crippen LogP) is 6.30. The molecule has 2 heterocycles. The summed E-state index contributed by atoms with van der Waals surface area (Å²) in [5, 5.41) is 18.3. The van der Waals surface area contributed by atoms with E-state index in [0.717, 1.165) is 35.6 Å². The second-order valence-electron chi connectivity index (χ2n) is 9.37. The van der Waals surface area contributed by atoms with Crippen molar-refractivity contribution in [1.82, 2.24) is 25.6 Å². The van der Waals surface area contributed by atoms with Gasteiger partial charge < -0.3 is 9.64 Å². The molecule has 9 nitrogen and oxygen atoms in total. The first kappa shape index (κ1) is 26.4. The van der Waals surface area contributed by atoms with E-state index in [1.807, 2.05) is 17.5 Å². The van der Waals surface area contributed by atoms with Gasteiger partial charge in [0.15, 0.2) is 5.13 Å². The van der Waals surface area contributed by atoms with Crippen LogP contribution in [0.2, 0.25) is 0 Å². The number of hydrogen-bond acceptors (Lipinski definition) is 8. The lowest BCUT2D eigenvalue weighted by atomic mass is 10.1. The van der Waals surface area contributed by atoms with Crippen LogP contribution in [0.4, 0.5) is 29.9 Å². The maximum atomic E-state index is 12.6. The Balaban J connectivity index is 1.26. The fourth-order valence-electron chi connectivity index (χ4n) is 4.68. The molecule has 0 radical (unpaired) electrons. The number of aryl methyl sites for hydroxylation is 2. The molecule has 0 saturated heterocycles. The highest BCUT2D eigenvalue weighted by Crippen LogP contribution is 2.36. The van der Waals surface area contributed by atoms with E-state index < -0.39 is 6.36 Å². The number of aromatic nitrogens is 5. The Kier molecular flexibility index (Phi) is 7.10. The SMILES string of the molecule is O=C(Nc1nn[nH]n1)c1ccc(CN(c2ccc3c(c2)CCC3)c2nc(-c3ccc(OC(F)(F)F)cc3)cs2)cc1. The van der Waals surface area contributed by atoms with Gasteiger partial charge in [0, 0.05) is 22.2 Å². The van der Waals surface area contributed by atoms with Crippen molar-refractivity contribution in [2.45, 2.75) is 32.2 Å². The minimum Gasteiger partial charge on any atom is -0.406 e. The number of nitrogens with one attached hydrogen (secondary N) is 2. The molecule has 41 heavy (non-hydrogen) atoms. The number of carbonyl (C=O) groups excluding carboxylic acids is 1.